The molecular weight excluding hydrogens is 905 g/mol. The van der Waals surface area contributed by atoms with Crippen molar-refractivity contribution in [1.82, 2.24) is 0 Å². The Labute approximate surface area is 455 Å². The molecule has 6 fully saturated rings. The fraction of sp³-hybridized carbons (Fsp3) is 0.829. The van der Waals surface area contributed by atoms with E-state index in [1.54, 1.807) is 11.1 Å². The predicted molar refractivity (Wildman–Crippen MR) is 310 cm³/mol. The molecule has 0 saturated heterocycles. The Bertz CT molecular complexity index is 2030. The van der Waals surface area contributed by atoms with E-state index in [-0.39, 0.29) is 24.1 Å². The van der Waals surface area contributed by atoms with Crippen molar-refractivity contribution < 1.29 is 19.1 Å². The second-order valence-electron chi connectivity index (χ2n) is 29.1. The molecule has 0 bridgehead atoms. The van der Waals surface area contributed by atoms with Crippen LogP contribution >= 0.6 is 0 Å². The van der Waals surface area contributed by atoms with Crippen LogP contribution in [0.3, 0.4) is 0 Å². The van der Waals surface area contributed by atoms with Crippen LogP contribution in [-0.4, -0.2) is 24.1 Å². The van der Waals surface area contributed by atoms with Crippen LogP contribution in [0.4, 0.5) is 0 Å². The fourth-order valence-corrected chi connectivity index (χ4v) is 19.6. The number of hydrogen-bond acceptors (Lipinski definition) is 4. The number of esters is 2. The van der Waals surface area contributed by atoms with E-state index in [2.05, 4.69) is 88.3 Å². The Morgan fingerprint density at radius 2 is 1.00 bits per heavy atom. The van der Waals surface area contributed by atoms with Gasteiger partial charge in [-0.3, -0.25) is 4.79 Å². The first kappa shape index (κ1) is 57.8. The highest BCUT2D eigenvalue weighted by molar-refractivity contribution is 5.89. The molecular formula is C70H112O4. The van der Waals surface area contributed by atoms with Crippen LogP contribution in [0, 0.1) is 92.7 Å². The molecule has 0 aromatic heterocycles. The first-order chi connectivity index (χ1) is 35.4. The highest BCUT2D eigenvalue weighted by Gasteiger charge is 2.61. The molecule has 16 atom stereocenters. The molecule has 0 amide bonds. The smallest absolute Gasteiger partial charge is 0.338 e. The van der Waals surface area contributed by atoms with Gasteiger partial charge in [-0.1, -0.05) is 188 Å². The number of allylic oxidation sites excluding steroid dienone is 2. The molecule has 0 heterocycles. The highest BCUT2D eigenvalue weighted by atomic mass is 16.5. The Hall–Kier alpha value is -2.36. The zero-order valence-corrected chi connectivity index (χ0v) is 49.8. The van der Waals surface area contributed by atoms with Gasteiger partial charge < -0.3 is 9.47 Å². The average molecular weight is 1020 g/mol. The number of ether oxygens (including phenoxy) is 2. The minimum atomic E-state index is -0.161. The van der Waals surface area contributed by atoms with Gasteiger partial charge in [0.2, 0.25) is 0 Å². The zero-order chi connectivity index (χ0) is 52.8. The van der Waals surface area contributed by atoms with Crippen molar-refractivity contribution in [1.29, 1.82) is 0 Å². The SMILES string of the molecule is CC(C)CCCC(C)C1CCC2C3CC=C4CC(OC(=O)c5ccccc5)CCC4(C)C3CCC12C.CCCCCCCCC(=O)OC1CCC2(C)C(=CCC3C2CCC2(C)C(C(C)CCCC(C)C)CCC32)C1. The third-order valence-corrected chi connectivity index (χ3v) is 23.8. The molecule has 4 heteroatoms. The van der Waals surface area contributed by atoms with E-state index in [0.717, 1.165) is 103 Å². The number of benzene rings is 1. The minimum Gasteiger partial charge on any atom is -0.462 e. The monoisotopic (exact) mass is 1020 g/mol. The largest absolute Gasteiger partial charge is 0.462 e. The van der Waals surface area contributed by atoms with E-state index in [9.17, 15) is 9.59 Å². The molecule has 0 spiro atoms. The van der Waals surface area contributed by atoms with Gasteiger partial charge in [-0.05, 0) is 201 Å². The summed E-state index contributed by atoms with van der Waals surface area (Å²) in [6, 6.07) is 9.49. The van der Waals surface area contributed by atoms with Gasteiger partial charge in [0.05, 0.1) is 5.56 Å². The fourth-order valence-electron chi connectivity index (χ4n) is 19.6. The van der Waals surface area contributed by atoms with Gasteiger partial charge in [0.15, 0.2) is 0 Å². The third kappa shape index (κ3) is 12.6. The normalized spacial score (nSPS) is 37.9. The maximum atomic E-state index is 12.7. The van der Waals surface area contributed by atoms with Crippen molar-refractivity contribution in [2.45, 2.75) is 275 Å². The Morgan fingerprint density at radius 3 is 1.49 bits per heavy atom. The number of rotatable bonds is 20. The predicted octanol–water partition coefficient (Wildman–Crippen LogP) is 19.9. The molecule has 8 aliphatic carbocycles. The van der Waals surface area contributed by atoms with Crippen molar-refractivity contribution >= 4 is 11.9 Å². The summed E-state index contributed by atoms with van der Waals surface area (Å²) in [5.41, 5.74) is 5.66. The molecule has 416 valence electrons. The summed E-state index contributed by atoms with van der Waals surface area (Å²) in [4.78, 5) is 25.3. The van der Waals surface area contributed by atoms with E-state index in [4.69, 9.17) is 9.47 Å². The third-order valence-electron chi connectivity index (χ3n) is 23.8. The first-order valence-corrected chi connectivity index (χ1v) is 32.3. The summed E-state index contributed by atoms with van der Waals surface area (Å²) in [6.07, 6.45) is 42.2. The van der Waals surface area contributed by atoms with Crippen LogP contribution in [-0.2, 0) is 14.3 Å². The number of carbonyl (C=O) groups excluding carboxylic acids is 2. The van der Waals surface area contributed by atoms with Gasteiger partial charge in [-0.25, -0.2) is 4.79 Å². The topological polar surface area (TPSA) is 52.6 Å². The number of hydrogen-bond donors (Lipinski definition) is 0. The summed E-state index contributed by atoms with van der Waals surface area (Å²) in [7, 11) is 0. The quantitative estimate of drug-likeness (QED) is 0.0742. The standard InChI is InChI=1S/C36H62O2.C34H50O2/c1-7-8-9-10-11-12-16-34(37)38-29-21-23-35(5)28(25-29)17-18-30-32-20-19-31(27(4)15-13-14-26(2)3)36(32,6)24-22-33(30)35;1-23(2)10-9-11-24(3)29-16-17-30-28-15-14-26-22-27(36-32(35)25-12-7-6-8-13-25)18-20-33(26,4)31(28)19-21-34(29,30)5/h17,26-27,29-33H,7-16,18-25H2,1-6H3;6-8,12-14,23-24,27-31H,9-11,15-22H2,1-5H3. The summed E-state index contributed by atoms with van der Waals surface area (Å²) in [6.45, 7) is 27.4. The van der Waals surface area contributed by atoms with Crippen molar-refractivity contribution in [3.05, 3.63) is 59.2 Å². The molecule has 0 radical (unpaired) electrons. The summed E-state index contributed by atoms with van der Waals surface area (Å²) in [5, 5.41) is 0. The lowest BCUT2D eigenvalue weighted by Crippen LogP contribution is -2.51. The van der Waals surface area contributed by atoms with E-state index in [1.807, 2.05) is 30.3 Å². The lowest BCUT2D eigenvalue weighted by atomic mass is 9.47. The lowest BCUT2D eigenvalue weighted by Gasteiger charge is -2.58. The van der Waals surface area contributed by atoms with Gasteiger partial charge in [-0.2, -0.15) is 0 Å². The number of carbonyl (C=O) groups is 2. The zero-order valence-electron chi connectivity index (χ0n) is 49.8. The second-order valence-corrected chi connectivity index (χ2v) is 29.1. The summed E-state index contributed by atoms with van der Waals surface area (Å²) in [5.74, 6) is 10.4. The van der Waals surface area contributed by atoms with E-state index >= 15 is 0 Å². The maximum absolute atomic E-state index is 12.7. The van der Waals surface area contributed by atoms with Gasteiger partial charge in [0.1, 0.15) is 12.2 Å². The molecule has 74 heavy (non-hydrogen) atoms. The Kier molecular flexibility index (Phi) is 19.7. The number of fused-ring (bicyclic) bond motifs is 10. The molecule has 4 nitrogen and oxygen atoms in total. The van der Waals surface area contributed by atoms with Crippen molar-refractivity contribution in [2.75, 3.05) is 0 Å². The summed E-state index contributed by atoms with van der Waals surface area (Å²) >= 11 is 0. The molecule has 16 unspecified atom stereocenters. The van der Waals surface area contributed by atoms with Crippen molar-refractivity contribution in [3.63, 3.8) is 0 Å². The number of unbranched alkanes of at least 4 members (excludes halogenated alkanes) is 5. The van der Waals surface area contributed by atoms with Crippen LogP contribution in [0.2, 0.25) is 0 Å². The first-order valence-electron chi connectivity index (χ1n) is 32.3. The Balaban J connectivity index is 0.000000197. The summed E-state index contributed by atoms with van der Waals surface area (Å²) < 4.78 is 12.0. The average Bonchev–Trinajstić information content (AvgIpc) is 3.92. The Morgan fingerprint density at radius 1 is 0.527 bits per heavy atom. The lowest BCUT2D eigenvalue weighted by molar-refractivity contribution is -0.151. The minimum absolute atomic E-state index is 0.0324. The molecule has 6 saturated carbocycles. The highest BCUT2D eigenvalue weighted by Crippen LogP contribution is 2.69. The van der Waals surface area contributed by atoms with Gasteiger partial charge in [-0.15, -0.1) is 0 Å². The van der Waals surface area contributed by atoms with Crippen LogP contribution < -0.4 is 0 Å². The van der Waals surface area contributed by atoms with Crippen LogP contribution in [0.25, 0.3) is 0 Å². The van der Waals surface area contributed by atoms with Gasteiger partial charge >= 0.3 is 11.9 Å². The van der Waals surface area contributed by atoms with E-state index in [1.165, 1.54) is 148 Å². The van der Waals surface area contributed by atoms with Gasteiger partial charge in [0.25, 0.3) is 0 Å². The molecule has 1 aromatic carbocycles. The van der Waals surface area contributed by atoms with Crippen molar-refractivity contribution in [3.8, 4) is 0 Å². The van der Waals surface area contributed by atoms with E-state index < -0.39 is 0 Å². The molecule has 0 aliphatic heterocycles. The molecule has 9 rings (SSSR count). The molecule has 8 aliphatic rings. The van der Waals surface area contributed by atoms with E-state index in [0.29, 0.717) is 33.6 Å². The van der Waals surface area contributed by atoms with Crippen molar-refractivity contribution in [2.24, 2.45) is 92.7 Å². The molecule has 0 N–H and O–H groups in total. The second kappa shape index (κ2) is 25.2. The van der Waals surface area contributed by atoms with Crippen LogP contribution in [0.15, 0.2) is 53.6 Å². The van der Waals surface area contributed by atoms with Crippen LogP contribution in [0.5, 0.6) is 0 Å². The molecule has 1 aromatic rings. The van der Waals surface area contributed by atoms with Gasteiger partial charge in [0, 0.05) is 19.3 Å². The maximum Gasteiger partial charge on any atom is 0.338 e. The van der Waals surface area contributed by atoms with Crippen LogP contribution in [0.1, 0.15) is 273 Å².